The van der Waals surface area contributed by atoms with Gasteiger partial charge in [-0.1, -0.05) is 0 Å². The molecule has 0 atom stereocenters. The molecule has 0 radical (unpaired) electrons. The zero-order valence-electron chi connectivity index (χ0n) is 11.3. The van der Waals surface area contributed by atoms with E-state index in [9.17, 15) is 4.79 Å². The molecule has 1 aromatic carbocycles. The van der Waals surface area contributed by atoms with Crippen molar-refractivity contribution in [1.82, 2.24) is 20.5 Å². The minimum atomic E-state index is -0.0800. The second-order valence-electron chi connectivity index (χ2n) is 4.47. The van der Waals surface area contributed by atoms with Crippen molar-refractivity contribution in [1.29, 1.82) is 0 Å². The summed E-state index contributed by atoms with van der Waals surface area (Å²) in [6.45, 7) is 2.47. The Bertz CT molecular complexity index is 566. The molecule has 1 amide bonds. The molecular formula is C13H18N6O. The monoisotopic (exact) mass is 274 g/mol. The maximum atomic E-state index is 12.0. The number of aromatic nitrogens is 3. The van der Waals surface area contributed by atoms with Crippen LogP contribution in [-0.4, -0.2) is 27.6 Å². The van der Waals surface area contributed by atoms with E-state index in [2.05, 4.69) is 25.9 Å². The molecule has 7 heteroatoms. The number of hydrazine groups is 1. The number of carbonyl (C=O) groups excluding carboxylic acids is 1. The molecule has 0 unspecified atom stereocenters. The fourth-order valence-corrected chi connectivity index (χ4v) is 1.91. The molecule has 0 fully saturated rings. The highest BCUT2D eigenvalue weighted by Crippen LogP contribution is 2.14. The van der Waals surface area contributed by atoms with Gasteiger partial charge < -0.3 is 10.7 Å². The first-order valence-electron chi connectivity index (χ1n) is 6.40. The van der Waals surface area contributed by atoms with Crippen LogP contribution in [0, 0.1) is 6.92 Å². The van der Waals surface area contributed by atoms with Crippen LogP contribution in [0.1, 0.15) is 28.2 Å². The summed E-state index contributed by atoms with van der Waals surface area (Å²) in [4.78, 5) is 16.1. The zero-order chi connectivity index (χ0) is 14.4. The van der Waals surface area contributed by atoms with Gasteiger partial charge in [-0.25, -0.2) is 4.98 Å². The van der Waals surface area contributed by atoms with Crippen LogP contribution in [0.4, 0.5) is 5.69 Å². The van der Waals surface area contributed by atoms with Gasteiger partial charge in [-0.2, -0.15) is 5.10 Å². The molecule has 106 valence electrons. The van der Waals surface area contributed by atoms with Gasteiger partial charge in [-0.15, -0.1) is 0 Å². The Morgan fingerprint density at radius 3 is 2.95 bits per heavy atom. The number of benzene rings is 1. The third kappa shape index (κ3) is 3.55. The van der Waals surface area contributed by atoms with Gasteiger partial charge in [0, 0.05) is 24.2 Å². The van der Waals surface area contributed by atoms with Crippen molar-refractivity contribution in [3.63, 3.8) is 0 Å². The van der Waals surface area contributed by atoms with Crippen LogP contribution in [0.15, 0.2) is 24.5 Å². The zero-order valence-corrected chi connectivity index (χ0v) is 11.3. The molecule has 0 spiro atoms. The standard InChI is InChI=1S/C13H18N6O/c1-9-7-10(18-14)4-5-11(9)13(20)15-6-2-3-12-16-8-17-19-12/h4-5,7-8,18H,2-3,6,14H2,1H3,(H,15,20)(H,16,17,19). The summed E-state index contributed by atoms with van der Waals surface area (Å²) in [5.41, 5.74) is 4.87. The first-order valence-corrected chi connectivity index (χ1v) is 6.40. The van der Waals surface area contributed by atoms with Gasteiger partial charge in [-0.3, -0.25) is 15.7 Å². The van der Waals surface area contributed by atoms with Crippen molar-refractivity contribution in [2.75, 3.05) is 12.0 Å². The number of nitrogen functional groups attached to an aromatic ring is 1. The molecule has 0 aliphatic heterocycles. The van der Waals surface area contributed by atoms with E-state index in [1.54, 1.807) is 12.1 Å². The van der Waals surface area contributed by atoms with Gasteiger partial charge in [0.1, 0.15) is 12.2 Å². The van der Waals surface area contributed by atoms with Crippen molar-refractivity contribution in [2.45, 2.75) is 19.8 Å². The van der Waals surface area contributed by atoms with Crippen LogP contribution >= 0.6 is 0 Å². The van der Waals surface area contributed by atoms with Gasteiger partial charge in [-0.05, 0) is 37.1 Å². The number of carbonyl (C=O) groups is 1. The molecular weight excluding hydrogens is 256 g/mol. The lowest BCUT2D eigenvalue weighted by Gasteiger charge is -2.09. The number of nitrogens with one attached hydrogen (secondary N) is 3. The molecule has 1 heterocycles. The fraction of sp³-hybridized carbons (Fsp3) is 0.308. The lowest BCUT2D eigenvalue weighted by atomic mass is 10.1. The normalized spacial score (nSPS) is 10.3. The lowest BCUT2D eigenvalue weighted by molar-refractivity contribution is 0.0952. The Morgan fingerprint density at radius 1 is 1.45 bits per heavy atom. The molecule has 7 nitrogen and oxygen atoms in total. The average Bonchev–Trinajstić information content (AvgIpc) is 2.96. The number of aryl methyl sites for hydroxylation is 2. The maximum absolute atomic E-state index is 12.0. The maximum Gasteiger partial charge on any atom is 0.251 e. The summed E-state index contributed by atoms with van der Waals surface area (Å²) in [6, 6.07) is 5.37. The van der Waals surface area contributed by atoms with E-state index in [0.29, 0.717) is 12.1 Å². The highest BCUT2D eigenvalue weighted by molar-refractivity contribution is 5.96. The van der Waals surface area contributed by atoms with E-state index < -0.39 is 0 Å². The molecule has 2 aromatic rings. The van der Waals surface area contributed by atoms with Crippen LogP contribution < -0.4 is 16.6 Å². The number of hydrogen-bond donors (Lipinski definition) is 4. The minimum Gasteiger partial charge on any atom is -0.352 e. The van der Waals surface area contributed by atoms with E-state index in [4.69, 9.17) is 5.84 Å². The third-order valence-electron chi connectivity index (χ3n) is 2.98. The number of amides is 1. The second kappa shape index (κ2) is 6.67. The van der Waals surface area contributed by atoms with Crippen LogP contribution in [0.3, 0.4) is 0 Å². The van der Waals surface area contributed by atoms with Gasteiger partial charge in [0.2, 0.25) is 0 Å². The molecule has 0 aliphatic rings. The molecule has 5 N–H and O–H groups in total. The highest BCUT2D eigenvalue weighted by atomic mass is 16.1. The summed E-state index contributed by atoms with van der Waals surface area (Å²) in [6.07, 6.45) is 3.04. The predicted molar refractivity (Wildman–Crippen MR) is 76.0 cm³/mol. The Kier molecular flexibility index (Phi) is 4.67. The highest BCUT2D eigenvalue weighted by Gasteiger charge is 2.08. The third-order valence-corrected chi connectivity index (χ3v) is 2.98. The fourth-order valence-electron chi connectivity index (χ4n) is 1.91. The molecule has 2 rings (SSSR count). The van der Waals surface area contributed by atoms with E-state index in [1.165, 1.54) is 6.33 Å². The van der Waals surface area contributed by atoms with Crippen LogP contribution in [0.5, 0.6) is 0 Å². The number of rotatable bonds is 6. The number of hydrogen-bond acceptors (Lipinski definition) is 5. The van der Waals surface area contributed by atoms with Crippen molar-refractivity contribution < 1.29 is 4.79 Å². The van der Waals surface area contributed by atoms with Crippen molar-refractivity contribution >= 4 is 11.6 Å². The van der Waals surface area contributed by atoms with Crippen molar-refractivity contribution in [2.24, 2.45) is 5.84 Å². The molecule has 0 saturated carbocycles. The SMILES string of the molecule is Cc1cc(NN)ccc1C(=O)NCCCc1ncn[nH]1. The van der Waals surface area contributed by atoms with Gasteiger partial charge >= 0.3 is 0 Å². The largest absolute Gasteiger partial charge is 0.352 e. The molecule has 0 saturated heterocycles. The van der Waals surface area contributed by atoms with Gasteiger partial charge in [0.05, 0.1) is 0 Å². The topological polar surface area (TPSA) is 109 Å². The number of anilines is 1. The summed E-state index contributed by atoms with van der Waals surface area (Å²) in [7, 11) is 0. The summed E-state index contributed by atoms with van der Waals surface area (Å²) < 4.78 is 0. The first kappa shape index (κ1) is 14.0. The van der Waals surface area contributed by atoms with E-state index >= 15 is 0 Å². The lowest BCUT2D eigenvalue weighted by Crippen LogP contribution is -2.25. The molecule has 0 aliphatic carbocycles. The van der Waals surface area contributed by atoms with Crippen molar-refractivity contribution in [3.05, 3.63) is 41.5 Å². The predicted octanol–water partition coefficient (Wildman–Crippen LogP) is 0.761. The molecule has 20 heavy (non-hydrogen) atoms. The van der Waals surface area contributed by atoms with E-state index in [1.807, 2.05) is 13.0 Å². The Morgan fingerprint density at radius 2 is 2.30 bits per heavy atom. The minimum absolute atomic E-state index is 0.0800. The van der Waals surface area contributed by atoms with Crippen LogP contribution in [0.2, 0.25) is 0 Å². The Hall–Kier alpha value is -2.41. The van der Waals surface area contributed by atoms with E-state index in [-0.39, 0.29) is 5.91 Å². The summed E-state index contributed by atoms with van der Waals surface area (Å²) >= 11 is 0. The first-order chi connectivity index (χ1) is 9.70. The Balaban J connectivity index is 1.82. The number of nitrogens with two attached hydrogens (primary N) is 1. The summed E-state index contributed by atoms with van der Waals surface area (Å²) in [5.74, 6) is 6.07. The number of nitrogens with zero attached hydrogens (tertiary/aromatic N) is 2. The number of H-pyrrole nitrogens is 1. The van der Waals surface area contributed by atoms with Gasteiger partial charge in [0.25, 0.3) is 5.91 Å². The van der Waals surface area contributed by atoms with E-state index in [0.717, 1.165) is 29.9 Å². The average molecular weight is 274 g/mol. The van der Waals surface area contributed by atoms with Gasteiger partial charge in [0.15, 0.2) is 0 Å². The summed E-state index contributed by atoms with van der Waals surface area (Å²) in [5, 5.41) is 9.45. The quantitative estimate of drug-likeness (QED) is 0.353. The smallest absolute Gasteiger partial charge is 0.251 e. The van der Waals surface area contributed by atoms with Crippen molar-refractivity contribution in [3.8, 4) is 0 Å². The van der Waals surface area contributed by atoms with Crippen LogP contribution in [0.25, 0.3) is 0 Å². The Labute approximate surface area is 117 Å². The molecule has 0 bridgehead atoms. The second-order valence-corrected chi connectivity index (χ2v) is 4.47. The molecule has 1 aromatic heterocycles. The van der Waals surface area contributed by atoms with Crippen LogP contribution in [-0.2, 0) is 6.42 Å². The number of aromatic amines is 1.